The Labute approximate surface area is 112 Å². The summed E-state index contributed by atoms with van der Waals surface area (Å²) >= 11 is 0. The molecule has 1 heterocycles. The number of piperidine rings is 1. The monoisotopic (exact) mass is 263 g/mol. The Bertz CT molecular complexity index is 469. The first-order valence-corrected chi connectivity index (χ1v) is 6.60. The predicted molar refractivity (Wildman–Crippen MR) is 71.0 cm³/mol. The van der Waals surface area contributed by atoms with E-state index in [1.165, 1.54) is 12.2 Å². The Morgan fingerprint density at radius 1 is 1.26 bits per heavy atom. The third-order valence-electron chi connectivity index (χ3n) is 3.66. The maximum absolute atomic E-state index is 13.1. The van der Waals surface area contributed by atoms with Crippen molar-refractivity contribution in [3.05, 3.63) is 35.7 Å². The number of Topliss-reactive ketones (excluding diaryl/α,β-unsaturated/α-hetero) is 1. The molecule has 1 aliphatic carbocycles. The number of halogens is 1. The molecule has 2 aliphatic rings. The third-order valence-corrected chi connectivity index (χ3v) is 3.66. The highest BCUT2D eigenvalue weighted by Crippen LogP contribution is 2.21. The third kappa shape index (κ3) is 3.40. The predicted octanol–water partition coefficient (Wildman–Crippen LogP) is 2.55. The molecule has 3 nitrogen and oxygen atoms in total. The molecule has 0 N–H and O–H groups in total. The molecule has 0 radical (unpaired) electrons. The number of allylic oxidation sites excluding steroid dienone is 4. The molecule has 0 aromatic heterocycles. The van der Waals surface area contributed by atoms with Crippen LogP contribution in [0.5, 0.6) is 0 Å². The summed E-state index contributed by atoms with van der Waals surface area (Å²) in [5.74, 6) is -0.0377. The smallest absolute Gasteiger partial charge is 0.253 e. The number of amides is 1. The van der Waals surface area contributed by atoms with Crippen LogP contribution in [0.15, 0.2) is 35.7 Å². The van der Waals surface area contributed by atoms with Gasteiger partial charge in [0.05, 0.1) is 0 Å². The number of carbonyl (C=O) groups excluding carboxylic acids is 2. The number of likely N-dealkylation sites (tertiary alicyclic amines) is 1. The van der Waals surface area contributed by atoms with Crippen molar-refractivity contribution in [2.24, 2.45) is 5.92 Å². The molecule has 1 fully saturated rings. The molecule has 1 amide bonds. The number of carbonyl (C=O) groups is 2. The summed E-state index contributed by atoms with van der Waals surface area (Å²) in [5.41, 5.74) is 0.508. The molecule has 1 saturated heterocycles. The van der Waals surface area contributed by atoms with Crippen molar-refractivity contribution in [3.63, 3.8) is 0 Å². The van der Waals surface area contributed by atoms with E-state index in [0.29, 0.717) is 18.7 Å². The zero-order valence-corrected chi connectivity index (χ0v) is 11.1. The first-order valence-electron chi connectivity index (χ1n) is 6.60. The fraction of sp³-hybridized carbons (Fsp3) is 0.467. The zero-order valence-electron chi connectivity index (χ0n) is 11.1. The van der Waals surface area contributed by atoms with Gasteiger partial charge >= 0.3 is 0 Å². The molecule has 19 heavy (non-hydrogen) atoms. The molecule has 0 saturated carbocycles. The summed E-state index contributed by atoms with van der Waals surface area (Å²) in [4.78, 5) is 25.3. The standard InChI is InChI=1S/C15H18FNO2/c1-11(18)12-7-9-17(10-8-12)15(19)13-3-2-4-14(16)6-5-13/h2-3,5-6,12H,4,7-10H2,1H3. The average Bonchev–Trinajstić information content (AvgIpc) is 2.63. The first-order chi connectivity index (χ1) is 9.08. The van der Waals surface area contributed by atoms with Crippen LogP contribution in [0.2, 0.25) is 0 Å². The van der Waals surface area contributed by atoms with Gasteiger partial charge in [-0.25, -0.2) is 4.39 Å². The van der Waals surface area contributed by atoms with Crippen molar-refractivity contribution >= 4 is 11.7 Å². The number of nitrogens with zero attached hydrogens (tertiary/aromatic N) is 1. The quantitative estimate of drug-likeness (QED) is 0.767. The van der Waals surface area contributed by atoms with Crippen LogP contribution < -0.4 is 0 Å². The lowest BCUT2D eigenvalue weighted by Crippen LogP contribution is -2.40. The van der Waals surface area contributed by atoms with Gasteiger partial charge in [0.2, 0.25) is 0 Å². The maximum atomic E-state index is 13.1. The molecule has 0 aromatic carbocycles. The van der Waals surface area contributed by atoms with Gasteiger partial charge in [0.1, 0.15) is 11.6 Å². The van der Waals surface area contributed by atoms with Gasteiger partial charge in [0.15, 0.2) is 0 Å². The molecule has 0 aromatic rings. The van der Waals surface area contributed by atoms with Crippen molar-refractivity contribution in [3.8, 4) is 0 Å². The molecule has 0 spiro atoms. The van der Waals surface area contributed by atoms with E-state index in [1.54, 1.807) is 24.0 Å². The van der Waals surface area contributed by atoms with E-state index < -0.39 is 0 Å². The van der Waals surface area contributed by atoms with E-state index in [2.05, 4.69) is 0 Å². The van der Waals surface area contributed by atoms with Gasteiger partial charge in [-0.3, -0.25) is 9.59 Å². The van der Waals surface area contributed by atoms with Gasteiger partial charge in [-0.05, 0) is 31.9 Å². The number of rotatable bonds is 2. The van der Waals surface area contributed by atoms with Crippen LogP contribution in [-0.4, -0.2) is 29.7 Å². The van der Waals surface area contributed by atoms with Crippen LogP contribution in [-0.2, 0) is 9.59 Å². The van der Waals surface area contributed by atoms with E-state index in [-0.39, 0.29) is 29.9 Å². The SMILES string of the molecule is CC(=O)C1CCN(C(=O)C2=CC=C(F)CC=C2)CC1. The second-order valence-corrected chi connectivity index (χ2v) is 5.02. The van der Waals surface area contributed by atoms with Gasteiger partial charge in [-0.1, -0.05) is 12.2 Å². The minimum absolute atomic E-state index is 0.0794. The molecule has 4 heteroatoms. The number of hydrogen-bond donors (Lipinski definition) is 0. The summed E-state index contributed by atoms with van der Waals surface area (Å²) in [6.45, 7) is 2.80. The minimum atomic E-state index is -0.241. The zero-order chi connectivity index (χ0) is 13.8. The second kappa shape index (κ2) is 5.95. The number of hydrogen-bond acceptors (Lipinski definition) is 2. The topological polar surface area (TPSA) is 37.4 Å². The lowest BCUT2D eigenvalue weighted by atomic mass is 9.93. The van der Waals surface area contributed by atoms with Crippen molar-refractivity contribution in [2.75, 3.05) is 13.1 Å². The highest BCUT2D eigenvalue weighted by atomic mass is 19.1. The number of ketones is 1. The summed E-state index contributed by atoms with van der Waals surface area (Å²) in [6.07, 6.45) is 7.88. The van der Waals surface area contributed by atoms with Crippen molar-refractivity contribution in [1.82, 2.24) is 4.90 Å². The van der Waals surface area contributed by atoms with Crippen molar-refractivity contribution < 1.29 is 14.0 Å². The molecule has 0 unspecified atom stereocenters. The summed E-state index contributed by atoms with van der Waals surface area (Å²) in [5, 5.41) is 0. The lowest BCUT2D eigenvalue weighted by Gasteiger charge is -2.31. The van der Waals surface area contributed by atoms with Crippen LogP contribution in [0.25, 0.3) is 0 Å². The summed E-state index contributed by atoms with van der Waals surface area (Å²) in [7, 11) is 0. The van der Waals surface area contributed by atoms with Crippen LogP contribution >= 0.6 is 0 Å². The highest BCUT2D eigenvalue weighted by Gasteiger charge is 2.26. The molecule has 2 rings (SSSR count). The average molecular weight is 263 g/mol. The van der Waals surface area contributed by atoms with Crippen LogP contribution in [0.4, 0.5) is 4.39 Å². The minimum Gasteiger partial charge on any atom is -0.339 e. The Balaban J connectivity index is 2.00. The van der Waals surface area contributed by atoms with Crippen LogP contribution in [0, 0.1) is 5.92 Å². The highest BCUT2D eigenvalue weighted by molar-refractivity contribution is 5.96. The van der Waals surface area contributed by atoms with Gasteiger partial charge < -0.3 is 4.90 Å². The van der Waals surface area contributed by atoms with Crippen molar-refractivity contribution in [2.45, 2.75) is 26.2 Å². The van der Waals surface area contributed by atoms with Gasteiger partial charge in [0, 0.05) is 31.0 Å². The molecule has 102 valence electrons. The van der Waals surface area contributed by atoms with E-state index >= 15 is 0 Å². The molecular formula is C15H18FNO2. The first kappa shape index (κ1) is 13.7. The largest absolute Gasteiger partial charge is 0.339 e. The Kier molecular flexibility index (Phi) is 4.30. The van der Waals surface area contributed by atoms with Gasteiger partial charge in [-0.15, -0.1) is 0 Å². The van der Waals surface area contributed by atoms with Gasteiger partial charge in [0.25, 0.3) is 5.91 Å². The Morgan fingerprint density at radius 3 is 2.58 bits per heavy atom. The summed E-state index contributed by atoms with van der Waals surface area (Å²) in [6, 6.07) is 0. The maximum Gasteiger partial charge on any atom is 0.253 e. The Hall–Kier alpha value is -1.71. The lowest BCUT2D eigenvalue weighted by molar-refractivity contribution is -0.131. The van der Waals surface area contributed by atoms with E-state index in [4.69, 9.17) is 0 Å². The molecule has 0 atom stereocenters. The van der Waals surface area contributed by atoms with E-state index in [0.717, 1.165) is 12.8 Å². The Morgan fingerprint density at radius 2 is 1.95 bits per heavy atom. The van der Waals surface area contributed by atoms with E-state index in [1.807, 2.05) is 0 Å². The van der Waals surface area contributed by atoms with Crippen LogP contribution in [0.1, 0.15) is 26.2 Å². The summed E-state index contributed by atoms with van der Waals surface area (Å²) < 4.78 is 13.1. The van der Waals surface area contributed by atoms with Gasteiger partial charge in [-0.2, -0.15) is 0 Å². The molecular weight excluding hydrogens is 245 g/mol. The fourth-order valence-electron chi connectivity index (χ4n) is 2.42. The van der Waals surface area contributed by atoms with Crippen molar-refractivity contribution in [1.29, 1.82) is 0 Å². The fourth-order valence-corrected chi connectivity index (χ4v) is 2.42. The normalized spacial score (nSPS) is 20.6. The molecule has 1 aliphatic heterocycles. The molecule has 0 bridgehead atoms. The second-order valence-electron chi connectivity index (χ2n) is 5.02. The van der Waals surface area contributed by atoms with Crippen LogP contribution in [0.3, 0.4) is 0 Å². The van der Waals surface area contributed by atoms with E-state index in [9.17, 15) is 14.0 Å².